The van der Waals surface area contributed by atoms with Crippen LogP contribution in [0.2, 0.25) is 5.02 Å². The van der Waals surface area contributed by atoms with Crippen LogP contribution >= 0.6 is 11.6 Å². The molecule has 1 atom stereocenters. The SMILES string of the molecule is COC(=O)c1cc(Cl)cc(S(=O)(=O)NC(C(=O)O)C(C)C)c1OC. The third-order valence-corrected chi connectivity index (χ3v) is 4.80. The second kappa shape index (κ2) is 7.82. The summed E-state index contributed by atoms with van der Waals surface area (Å²) in [6.45, 7) is 3.10. The van der Waals surface area contributed by atoms with E-state index in [1.54, 1.807) is 13.8 Å². The van der Waals surface area contributed by atoms with E-state index >= 15 is 0 Å². The van der Waals surface area contributed by atoms with Crippen molar-refractivity contribution >= 4 is 33.6 Å². The van der Waals surface area contributed by atoms with Crippen LogP contribution in [-0.2, 0) is 19.6 Å². The van der Waals surface area contributed by atoms with Gasteiger partial charge in [-0.2, -0.15) is 4.72 Å². The minimum Gasteiger partial charge on any atom is -0.494 e. The van der Waals surface area contributed by atoms with Crippen LogP contribution in [0.25, 0.3) is 0 Å². The summed E-state index contributed by atoms with van der Waals surface area (Å²) < 4.78 is 36.8. The first-order chi connectivity index (χ1) is 11.0. The molecule has 0 aliphatic rings. The second-order valence-corrected chi connectivity index (χ2v) is 7.28. The molecule has 1 rings (SSSR count). The Labute approximate surface area is 144 Å². The van der Waals surface area contributed by atoms with Gasteiger partial charge >= 0.3 is 11.9 Å². The topological polar surface area (TPSA) is 119 Å². The van der Waals surface area contributed by atoms with Crippen molar-refractivity contribution in [2.24, 2.45) is 5.92 Å². The van der Waals surface area contributed by atoms with E-state index in [1.165, 1.54) is 13.2 Å². The first kappa shape index (κ1) is 20.2. The van der Waals surface area contributed by atoms with Crippen molar-refractivity contribution in [3.8, 4) is 5.75 Å². The second-order valence-electron chi connectivity index (χ2n) is 5.16. The Bertz CT molecular complexity index is 746. The van der Waals surface area contributed by atoms with Gasteiger partial charge in [-0.15, -0.1) is 0 Å². The third kappa shape index (κ3) is 4.37. The Hall–Kier alpha value is -1.84. The van der Waals surface area contributed by atoms with Crippen LogP contribution in [0.3, 0.4) is 0 Å². The molecule has 0 heterocycles. The summed E-state index contributed by atoms with van der Waals surface area (Å²) in [6.07, 6.45) is 0. The Morgan fingerprint density at radius 3 is 2.25 bits per heavy atom. The quantitative estimate of drug-likeness (QED) is 0.689. The summed E-state index contributed by atoms with van der Waals surface area (Å²) in [5, 5.41) is 9.11. The third-order valence-electron chi connectivity index (χ3n) is 3.13. The van der Waals surface area contributed by atoms with Crippen LogP contribution in [0.15, 0.2) is 17.0 Å². The van der Waals surface area contributed by atoms with Crippen LogP contribution in [0.1, 0.15) is 24.2 Å². The number of carboxylic acids is 1. The van der Waals surface area contributed by atoms with E-state index in [9.17, 15) is 18.0 Å². The lowest BCUT2D eigenvalue weighted by Crippen LogP contribution is -2.44. The predicted octanol–water partition coefficient (Wildman–Crippen LogP) is 1.52. The standard InChI is InChI=1S/C14H18ClNO7S/c1-7(2)11(13(17)18)16-24(20,21)10-6-8(15)5-9(12(10)22-3)14(19)23-4/h5-7,11,16H,1-4H3,(H,17,18). The molecule has 2 N–H and O–H groups in total. The zero-order valence-corrected chi connectivity index (χ0v) is 15.1. The van der Waals surface area contributed by atoms with Crippen molar-refractivity contribution in [2.75, 3.05) is 14.2 Å². The van der Waals surface area contributed by atoms with Crippen LogP contribution in [0.4, 0.5) is 0 Å². The van der Waals surface area contributed by atoms with Gasteiger partial charge in [0, 0.05) is 5.02 Å². The van der Waals surface area contributed by atoms with E-state index in [4.69, 9.17) is 21.4 Å². The number of ether oxygens (including phenoxy) is 2. The predicted molar refractivity (Wildman–Crippen MR) is 85.9 cm³/mol. The van der Waals surface area contributed by atoms with Crippen LogP contribution < -0.4 is 9.46 Å². The van der Waals surface area contributed by atoms with Crippen LogP contribution in [0, 0.1) is 5.92 Å². The molecule has 1 unspecified atom stereocenters. The van der Waals surface area contributed by atoms with Gasteiger partial charge in [0.05, 0.1) is 14.2 Å². The largest absolute Gasteiger partial charge is 0.494 e. The van der Waals surface area contributed by atoms with Gasteiger partial charge in [-0.05, 0) is 18.1 Å². The van der Waals surface area contributed by atoms with Crippen LogP contribution in [-0.4, -0.2) is 45.7 Å². The number of benzene rings is 1. The Morgan fingerprint density at radius 2 is 1.83 bits per heavy atom. The molecular formula is C14H18ClNO7S. The molecule has 134 valence electrons. The van der Waals surface area contributed by atoms with Crippen molar-refractivity contribution in [1.29, 1.82) is 0 Å². The monoisotopic (exact) mass is 379 g/mol. The van der Waals surface area contributed by atoms with Gasteiger partial charge in [0.15, 0.2) is 5.75 Å². The molecule has 0 aliphatic heterocycles. The lowest BCUT2D eigenvalue weighted by Gasteiger charge is -2.20. The fraction of sp³-hybridized carbons (Fsp3) is 0.429. The normalized spacial score (nSPS) is 12.8. The number of sulfonamides is 1. The zero-order chi connectivity index (χ0) is 18.7. The number of methoxy groups -OCH3 is 2. The molecule has 0 saturated heterocycles. The number of carboxylic acid groups (broad SMARTS) is 1. The van der Waals surface area contributed by atoms with Gasteiger partial charge in [0.25, 0.3) is 0 Å². The summed E-state index contributed by atoms with van der Waals surface area (Å²) in [7, 11) is -2.04. The molecule has 0 spiro atoms. The summed E-state index contributed by atoms with van der Waals surface area (Å²) in [4.78, 5) is 22.6. The molecule has 24 heavy (non-hydrogen) atoms. The maximum Gasteiger partial charge on any atom is 0.341 e. The van der Waals surface area contributed by atoms with E-state index in [0.29, 0.717) is 0 Å². The van der Waals surface area contributed by atoms with Gasteiger partial charge in [0.1, 0.15) is 16.5 Å². The maximum atomic E-state index is 12.6. The summed E-state index contributed by atoms with van der Waals surface area (Å²) in [5.74, 6) is -2.97. The van der Waals surface area contributed by atoms with Crippen molar-refractivity contribution in [3.63, 3.8) is 0 Å². The number of carbonyl (C=O) groups excluding carboxylic acids is 1. The van der Waals surface area contributed by atoms with Crippen molar-refractivity contribution < 1.29 is 32.6 Å². The molecule has 1 aromatic carbocycles. The summed E-state index contributed by atoms with van der Waals surface area (Å²) in [5.41, 5.74) is -0.190. The van der Waals surface area contributed by atoms with E-state index in [2.05, 4.69) is 9.46 Å². The molecule has 0 fully saturated rings. The van der Waals surface area contributed by atoms with Gasteiger partial charge in [-0.1, -0.05) is 25.4 Å². The molecule has 0 saturated carbocycles. The molecule has 0 radical (unpaired) electrons. The lowest BCUT2D eigenvalue weighted by atomic mass is 10.1. The first-order valence-corrected chi connectivity index (χ1v) is 8.62. The zero-order valence-electron chi connectivity index (χ0n) is 13.5. The molecule has 0 amide bonds. The Kier molecular flexibility index (Phi) is 6.58. The Morgan fingerprint density at radius 1 is 1.25 bits per heavy atom. The molecule has 0 bridgehead atoms. The number of halogens is 1. The number of aliphatic carboxylic acids is 1. The average Bonchev–Trinajstić information content (AvgIpc) is 2.50. The van der Waals surface area contributed by atoms with Gasteiger partial charge < -0.3 is 14.6 Å². The van der Waals surface area contributed by atoms with E-state index in [0.717, 1.165) is 13.2 Å². The molecular weight excluding hydrogens is 362 g/mol. The van der Waals surface area contributed by atoms with Crippen LogP contribution in [0.5, 0.6) is 5.75 Å². The highest BCUT2D eigenvalue weighted by atomic mass is 35.5. The first-order valence-electron chi connectivity index (χ1n) is 6.76. The maximum absolute atomic E-state index is 12.6. The number of hydrogen-bond donors (Lipinski definition) is 2. The molecule has 8 nitrogen and oxygen atoms in total. The van der Waals surface area contributed by atoms with Gasteiger partial charge in [-0.3, -0.25) is 4.79 Å². The number of rotatable bonds is 7. The fourth-order valence-electron chi connectivity index (χ4n) is 1.94. The average molecular weight is 380 g/mol. The van der Waals surface area contributed by atoms with E-state index in [1.807, 2.05) is 0 Å². The minimum absolute atomic E-state index is 0.0482. The molecule has 10 heteroatoms. The molecule has 0 aromatic heterocycles. The number of nitrogens with one attached hydrogen (secondary N) is 1. The van der Waals surface area contributed by atoms with E-state index < -0.39 is 38.8 Å². The minimum atomic E-state index is -4.33. The number of carbonyl (C=O) groups is 2. The fourth-order valence-corrected chi connectivity index (χ4v) is 3.78. The van der Waals surface area contributed by atoms with Gasteiger partial charge in [-0.25, -0.2) is 13.2 Å². The van der Waals surface area contributed by atoms with Crippen molar-refractivity contribution in [2.45, 2.75) is 24.8 Å². The Balaban J connectivity index is 3.51. The van der Waals surface area contributed by atoms with E-state index in [-0.39, 0.29) is 16.3 Å². The molecule has 0 aliphatic carbocycles. The summed E-state index contributed by atoms with van der Waals surface area (Å²) in [6, 6.07) is 0.900. The highest BCUT2D eigenvalue weighted by Crippen LogP contribution is 2.32. The van der Waals surface area contributed by atoms with Crippen molar-refractivity contribution in [1.82, 2.24) is 4.72 Å². The highest BCUT2D eigenvalue weighted by Gasteiger charge is 2.32. The lowest BCUT2D eigenvalue weighted by molar-refractivity contribution is -0.140. The highest BCUT2D eigenvalue weighted by molar-refractivity contribution is 7.89. The molecule has 1 aromatic rings. The number of hydrogen-bond acceptors (Lipinski definition) is 6. The summed E-state index contributed by atoms with van der Waals surface area (Å²) >= 11 is 5.88. The number of esters is 1. The van der Waals surface area contributed by atoms with Gasteiger partial charge in [0.2, 0.25) is 10.0 Å². The van der Waals surface area contributed by atoms with Crippen molar-refractivity contribution in [3.05, 3.63) is 22.7 Å². The smallest absolute Gasteiger partial charge is 0.341 e.